The largest absolute Gasteiger partial charge is 0.338 e. The Bertz CT molecular complexity index is 683. The third-order valence-electron chi connectivity index (χ3n) is 5.07. The maximum absolute atomic E-state index is 3.92. The van der Waals surface area contributed by atoms with Crippen LogP contribution < -0.4 is 4.90 Å². The minimum atomic E-state index is 0.641. The second kappa shape index (κ2) is 4.77. The molecular weight excluding hydrogens is 254 g/mol. The second-order valence-corrected chi connectivity index (χ2v) is 6.33. The quantitative estimate of drug-likeness (QED) is 0.706. The van der Waals surface area contributed by atoms with Gasteiger partial charge in [-0.25, -0.2) is 0 Å². The van der Waals surface area contributed by atoms with Crippen LogP contribution in [0.1, 0.15) is 41.9 Å². The standard InChI is InChI=1S/C20H21N/c1-3-15-9-12-20-18(13-15)17-5-4-6-19(17)21(20)16-10-7-14(2)8-11-16/h3,7-13,17,19H,1,4-6H2,2H3. The van der Waals surface area contributed by atoms with E-state index in [4.69, 9.17) is 0 Å². The molecule has 2 atom stereocenters. The topological polar surface area (TPSA) is 3.24 Å². The molecule has 0 radical (unpaired) electrons. The van der Waals surface area contributed by atoms with Crippen LogP contribution >= 0.6 is 0 Å². The van der Waals surface area contributed by atoms with Gasteiger partial charge in [0.1, 0.15) is 0 Å². The molecule has 106 valence electrons. The molecule has 2 aromatic rings. The molecule has 0 aromatic heterocycles. The molecule has 2 aromatic carbocycles. The molecular formula is C20H21N. The predicted octanol–water partition coefficient (Wildman–Crippen LogP) is 5.43. The van der Waals surface area contributed by atoms with Crippen molar-refractivity contribution in [1.29, 1.82) is 0 Å². The second-order valence-electron chi connectivity index (χ2n) is 6.33. The first-order chi connectivity index (χ1) is 10.3. The summed E-state index contributed by atoms with van der Waals surface area (Å²) in [5.41, 5.74) is 6.82. The molecule has 0 amide bonds. The molecule has 2 aliphatic rings. The average Bonchev–Trinajstić information content (AvgIpc) is 3.08. The van der Waals surface area contributed by atoms with Crippen molar-refractivity contribution in [2.45, 2.75) is 38.1 Å². The van der Waals surface area contributed by atoms with Gasteiger partial charge in [-0.3, -0.25) is 0 Å². The average molecular weight is 275 g/mol. The van der Waals surface area contributed by atoms with Crippen molar-refractivity contribution in [3.63, 3.8) is 0 Å². The third kappa shape index (κ3) is 1.91. The van der Waals surface area contributed by atoms with E-state index in [9.17, 15) is 0 Å². The Morgan fingerprint density at radius 1 is 1.10 bits per heavy atom. The Hall–Kier alpha value is -2.02. The zero-order valence-electron chi connectivity index (χ0n) is 12.5. The van der Waals surface area contributed by atoms with Crippen molar-refractivity contribution in [1.82, 2.24) is 0 Å². The molecule has 1 heteroatoms. The lowest BCUT2D eigenvalue weighted by molar-refractivity contribution is 0.642. The van der Waals surface area contributed by atoms with Crippen LogP contribution in [0.25, 0.3) is 6.08 Å². The van der Waals surface area contributed by atoms with Crippen molar-refractivity contribution in [2.75, 3.05) is 4.90 Å². The van der Waals surface area contributed by atoms with Gasteiger partial charge in [-0.1, -0.05) is 42.8 Å². The van der Waals surface area contributed by atoms with Gasteiger partial charge in [0.15, 0.2) is 0 Å². The summed E-state index contributed by atoms with van der Waals surface area (Å²) in [5.74, 6) is 0.696. The fraction of sp³-hybridized carbons (Fsp3) is 0.300. The van der Waals surface area contributed by atoms with Crippen molar-refractivity contribution in [3.8, 4) is 0 Å². The van der Waals surface area contributed by atoms with Crippen LogP contribution in [0.15, 0.2) is 49.0 Å². The number of anilines is 2. The van der Waals surface area contributed by atoms with Gasteiger partial charge in [-0.05, 0) is 55.2 Å². The smallest absolute Gasteiger partial charge is 0.0450 e. The summed E-state index contributed by atoms with van der Waals surface area (Å²) in [6.45, 7) is 6.06. The molecule has 1 aliphatic carbocycles. The molecule has 0 N–H and O–H groups in total. The Morgan fingerprint density at radius 3 is 2.67 bits per heavy atom. The van der Waals surface area contributed by atoms with Crippen molar-refractivity contribution in [2.24, 2.45) is 0 Å². The van der Waals surface area contributed by atoms with Crippen LogP contribution in [0.5, 0.6) is 0 Å². The Balaban J connectivity index is 1.85. The van der Waals surface area contributed by atoms with Gasteiger partial charge in [0.05, 0.1) is 0 Å². The van der Waals surface area contributed by atoms with E-state index in [1.807, 2.05) is 6.08 Å². The van der Waals surface area contributed by atoms with E-state index in [0.29, 0.717) is 12.0 Å². The summed E-state index contributed by atoms with van der Waals surface area (Å²) in [4.78, 5) is 2.57. The molecule has 1 nitrogen and oxygen atoms in total. The van der Waals surface area contributed by atoms with E-state index >= 15 is 0 Å². The molecule has 1 fully saturated rings. The summed E-state index contributed by atoms with van der Waals surface area (Å²) < 4.78 is 0. The van der Waals surface area contributed by atoms with Crippen LogP contribution in [0.4, 0.5) is 11.4 Å². The van der Waals surface area contributed by atoms with Gasteiger partial charge in [0, 0.05) is 23.3 Å². The van der Waals surface area contributed by atoms with Gasteiger partial charge < -0.3 is 4.90 Å². The lowest BCUT2D eigenvalue weighted by Gasteiger charge is -2.27. The number of nitrogens with zero attached hydrogens (tertiary/aromatic N) is 1. The highest BCUT2D eigenvalue weighted by Crippen LogP contribution is 2.52. The number of rotatable bonds is 2. The summed E-state index contributed by atoms with van der Waals surface area (Å²) in [6, 6.07) is 16.4. The highest BCUT2D eigenvalue weighted by molar-refractivity contribution is 5.75. The number of benzene rings is 2. The molecule has 1 saturated carbocycles. The van der Waals surface area contributed by atoms with Gasteiger partial charge >= 0.3 is 0 Å². The lowest BCUT2D eigenvalue weighted by atomic mass is 9.96. The van der Waals surface area contributed by atoms with Crippen LogP contribution in [-0.4, -0.2) is 6.04 Å². The number of fused-ring (bicyclic) bond motifs is 3. The zero-order valence-corrected chi connectivity index (χ0v) is 12.5. The lowest BCUT2D eigenvalue weighted by Crippen LogP contribution is -2.26. The summed E-state index contributed by atoms with van der Waals surface area (Å²) >= 11 is 0. The van der Waals surface area contributed by atoms with Gasteiger partial charge in [-0.2, -0.15) is 0 Å². The monoisotopic (exact) mass is 275 g/mol. The molecule has 21 heavy (non-hydrogen) atoms. The number of hydrogen-bond acceptors (Lipinski definition) is 1. The van der Waals surface area contributed by atoms with E-state index in [1.54, 1.807) is 0 Å². The van der Waals surface area contributed by atoms with Crippen molar-refractivity contribution in [3.05, 3.63) is 65.7 Å². The molecule has 0 spiro atoms. The first-order valence-electron chi connectivity index (χ1n) is 7.90. The van der Waals surface area contributed by atoms with Crippen LogP contribution in [-0.2, 0) is 0 Å². The zero-order chi connectivity index (χ0) is 14.4. The van der Waals surface area contributed by atoms with Gasteiger partial charge in [-0.15, -0.1) is 0 Å². The number of aryl methyl sites for hydroxylation is 1. The highest BCUT2D eigenvalue weighted by Gasteiger charge is 2.41. The van der Waals surface area contributed by atoms with Crippen molar-refractivity contribution < 1.29 is 0 Å². The molecule has 4 rings (SSSR count). The summed E-state index contributed by atoms with van der Waals surface area (Å²) in [7, 11) is 0. The third-order valence-corrected chi connectivity index (χ3v) is 5.07. The number of hydrogen-bond donors (Lipinski definition) is 0. The molecule has 2 unspecified atom stereocenters. The van der Waals surface area contributed by atoms with E-state index in [1.165, 1.54) is 47.3 Å². The molecule has 1 heterocycles. The normalized spacial score (nSPS) is 23.0. The van der Waals surface area contributed by atoms with Gasteiger partial charge in [0.25, 0.3) is 0 Å². The van der Waals surface area contributed by atoms with E-state index in [0.717, 1.165) is 0 Å². The van der Waals surface area contributed by atoms with E-state index in [2.05, 4.69) is 60.9 Å². The van der Waals surface area contributed by atoms with E-state index < -0.39 is 0 Å². The molecule has 0 saturated heterocycles. The Labute approximate surface area is 126 Å². The minimum absolute atomic E-state index is 0.641. The fourth-order valence-corrected chi connectivity index (χ4v) is 4.04. The first kappa shape index (κ1) is 12.7. The van der Waals surface area contributed by atoms with Crippen LogP contribution in [0, 0.1) is 6.92 Å². The maximum Gasteiger partial charge on any atom is 0.0450 e. The first-order valence-corrected chi connectivity index (χ1v) is 7.90. The van der Waals surface area contributed by atoms with Crippen molar-refractivity contribution >= 4 is 17.5 Å². The molecule has 0 bridgehead atoms. The summed E-state index contributed by atoms with van der Waals surface area (Å²) in [6.07, 6.45) is 5.92. The minimum Gasteiger partial charge on any atom is -0.338 e. The summed E-state index contributed by atoms with van der Waals surface area (Å²) in [5, 5.41) is 0. The highest BCUT2D eigenvalue weighted by atomic mass is 15.2. The van der Waals surface area contributed by atoms with Gasteiger partial charge in [0.2, 0.25) is 0 Å². The van der Waals surface area contributed by atoms with Crippen LogP contribution in [0.3, 0.4) is 0 Å². The SMILES string of the molecule is C=Cc1ccc2c(c1)C1CCCC1N2c1ccc(C)cc1. The maximum atomic E-state index is 3.92. The molecule has 1 aliphatic heterocycles. The van der Waals surface area contributed by atoms with E-state index in [-0.39, 0.29) is 0 Å². The predicted molar refractivity (Wildman–Crippen MR) is 90.2 cm³/mol. The van der Waals surface area contributed by atoms with Crippen LogP contribution in [0.2, 0.25) is 0 Å². The Morgan fingerprint density at radius 2 is 1.90 bits per heavy atom. The Kier molecular flexibility index (Phi) is 2.88. The fourth-order valence-electron chi connectivity index (χ4n) is 4.04.